The molecular formula is C17H21N3O5S. The summed E-state index contributed by atoms with van der Waals surface area (Å²) in [7, 11) is -3.92. The quantitative estimate of drug-likeness (QED) is 0.676. The number of rotatable bonds is 7. The number of amides is 1. The zero-order valence-electron chi connectivity index (χ0n) is 14.4. The predicted molar refractivity (Wildman–Crippen MR) is 92.3 cm³/mol. The van der Waals surface area contributed by atoms with Gasteiger partial charge in [0, 0.05) is 6.04 Å². The summed E-state index contributed by atoms with van der Waals surface area (Å²) in [6.07, 6.45) is 2.96. The third kappa shape index (κ3) is 5.54. The highest BCUT2D eigenvalue weighted by atomic mass is 32.2. The average molecular weight is 379 g/mol. The number of ether oxygens (including phenoxy) is 1. The lowest BCUT2D eigenvalue weighted by atomic mass is 10.2. The fraction of sp³-hybridized carbons (Fsp3) is 0.471. The summed E-state index contributed by atoms with van der Waals surface area (Å²) in [5.74, 6) is -1.24. The van der Waals surface area contributed by atoms with Crippen molar-refractivity contribution in [3.05, 3.63) is 29.8 Å². The summed E-state index contributed by atoms with van der Waals surface area (Å²) in [6, 6.07) is 7.26. The van der Waals surface area contributed by atoms with Crippen molar-refractivity contribution in [1.29, 1.82) is 5.26 Å². The molecule has 1 aliphatic carbocycles. The van der Waals surface area contributed by atoms with Gasteiger partial charge in [0.05, 0.1) is 16.5 Å². The Hall–Kier alpha value is -2.44. The first-order valence-electron chi connectivity index (χ1n) is 8.31. The summed E-state index contributed by atoms with van der Waals surface area (Å²) in [5.41, 5.74) is 0.324. The molecule has 2 N–H and O–H groups in total. The van der Waals surface area contributed by atoms with Crippen molar-refractivity contribution in [2.45, 2.75) is 49.6 Å². The number of hydrogen-bond donors (Lipinski definition) is 2. The van der Waals surface area contributed by atoms with E-state index in [0.29, 0.717) is 5.56 Å². The van der Waals surface area contributed by atoms with Gasteiger partial charge in [-0.25, -0.2) is 8.42 Å². The largest absolute Gasteiger partial charge is 0.452 e. The minimum atomic E-state index is -3.92. The monoisotopic (exact) mass is 379 g/mol. The second-order valence-corrected chi connectivity index (χ2v) is 7.85. The van der Waals surface area contributed by atoms with Gasteiger partial charge < -0.3 is 10.1 Å². The van der Waals surface area contributed by atoms with Gasteiger partial charge in [-0.05, 0) is 44.0 Å². The van der Waals surface area contributed by atoms with Gasteiger partial charge in [0.1, 0.15) is 6.54 Å². The molecule has 9 heteroatoms. The van der Waals surface area contributed by atoms with Crippen LogP contribution < -0.4 is 10.0 Å². The predicted octanol–water partition coefficient (Wildman–Crippen LogP) is 0.827. The van der Waals surface area contributed by atoms with Gasteiger partial charge in [-0.3, -0.25) is 9.59 Å². The molecule has 1 saturated carbocycles. The Morgan fingerprint density at radius 2 is 1.88 bits per heavy atom. The molecule has 1 aromatic rings. The third-order valence-electron chi connectivity index (χ3n) is 4.08. The molecule has 0 radical (unpaired) electrons. The first-order chi connectivity index (χ1) is 12.3. The van der Waals surface area contributed by atoms with Crippen LogP contribution in [-0.2, 0) is 24.3 Å². The number of nitriles is 1. The Labute approximate surface area is 152 Å². The van der Waals surface area contributed by atoms with Crippen LogP contribution in [0.4, 0.5) is 0 Å². The second-order valence-electron chi connectivity index (χ2n) is 6.08. The summed E-state index contributed by atoms with van der Waals surface area (Å²) < 4.78 is 31.3. The van der Waals surface area contributed by atoms with Gasteiger partial charge in [0.25, 0.3) is 5.91 Å². The van der Waals surface area contributed by atoms with Crippen LogP contribution in [0.15, 0.2) is 29.2 Å². The molecule has 0 heterocycles. The summed E-state index contributed by atoms with van der Waals surface area (Å²) in [5, 5.41) is 11.5. The SMILES string of the molecule is CC(OC(=O)CNS(=O)(=O)c1ccc(C#N)cc1)C(=O)NC1CCCC1. The van der Waals surface area contributed by atoms with Crippen LogP contribution in [0.2, 0.25) is 0 Å². The van der Waals surface area contributed by atoms with Crippen LogP contribution in [0.3, 0.4) is 0 Å². The number of esters is 1. The smallest absolute Gasteiger partial charge is 0.321 e. The number of benzene rings is 1. The van der Waals surface area contributed by atoms with Gasteiger partial charge >= 0.3 is 5.97 Å². The van der Waals surface area contributed by atoms with Crippen molar-refractivity contribution >= 4 is 21.9 Å². The molecule has 1 unspecified atom stereocenters. The van der Waals surface area contributed by atoms with Crippen LogP contribution in [0.1, 0.15) is 38.2 Å². The molecule has 26 heavy (non-hydrogen) atoms. The van der Waals surface area contributed by atoms with Crippen molar-refractivity contribution in [2.75, 3.05) is 6.54 Å². The van der Waals surface area contributed by atoms with Gasteiger partial charge in [-0.1, -0.05) is 12.8 Å². The van der Waals surface area contributed by atoms with E-state index in [9.17, 15) is 18.0 Å². The van der Waals surface area contributed by atoms with Crippen LogP contribution in [0, 0.1) is 11.3 Å². The topological polar surface area (TPSA) is 125 Å². The number of nitrogens with one attached hydrogen (secondary N) is 2. The highest BCUT2D eigenvalue weighted by Gasteiger charge is 2.24. The Balaban J connectivity index is 1.82. The highest BCUT2D eigenvalue weighted by Crippen LogP contribution is 2.17. The Bertz CT molecular complexity index is 793. The molecule has 1 fully saturated rings. The van der Waals surface area contributed by atoms with E-state index < -0.39 is 28.6 Å². The molecule has 2 rings (SSSR count). The molecule has 1 atom stereocenters. The van der Waals surface area contributed by atoms with E-state index >= 15 is 0 Å². The molecule has 0 aromatic heterocycles. The van der Waals surface area contributed by atoms with Gasteiger partial charge in [0.2, 0.25) is 10.0 Å². The summed E-state index contributed by atoms with van der Waals surface area (Å²) >= 11 is 0. The number of carbonyl (C=O) groups excluding carboxylic acids is 2. The average Bonchev–Trinajstić information content (AvgIpc) is 3.13. The zero-order valence-corrected chi connectivity index (χ0v) is 15.2. The Morgan fingerprint density at radius 1 is 1.27 bits per heavy atom. The number of carbonyl (C=O) groups is 2. The second kappa shape index (κ2) is 8.78. The molecule has 8 nitrogen and oxygen atoms in total. The lowest BCUT2D eigenvalue weighted by Crippen LogP contribution is -2.42. The van der Waals surface area contributed by atoms with Crippen molar-refractivity contribution in [3.63, 3.8) is 0 Å². The minimum absolute atomic E-state index is 0.0728. The molecular weight excluding hydrogens is 358 g/mol. The fourth-order valence-corrected chi connectivity index (χ4v) is 3.60. The van der Waals surface area contributed by atoms with Crippen molar-refractivity contribution in [1.82, 2.24) is 10.0 Å². The van der Waals surface area contributed by atoms with E-state index in [2.05, 4.69) is 10.0 Å². The van der Waals surface area contributed by atoms with Crippen LogP contribution in [0.25, 0.3) is 0 Å². The van der Waals surface area contributed by atoms with E-state index in [-0.39, 0.29) is 16.8 Å². The summed E-state index contributed by atoms with van der Waals surface area (Å²) in [6.45, 7) is 0.848. The van der Waals surface area contributed by atoms with Crippen molar-refractivity contribution < 1.29 is 22.7 Å². The molecule has 0 bridgehead atoms. The maximum absolute atomic E-state index is 12.1. The van der Waals surface area contributed by atoms with Crippen molar-refractivity contribution in [2.24, 2.45) is 0 Å². The van der Waals surface area contributed by atoms with Gasteiger partial charge in [-0.15, -0.1) is 0 Å². The standard InChI is InChI=1S/C17H21N3O5S/c1-12(17(22)20-14-4-2-3-5-14)25-16(21)11-19-26(23,24)15-8-6-13(10-18)7-9-15/h6-9,12,14,19H,2-5,11H2,1H3,(H,20,22). The fourth-order valence-electron chi connectivity index (χ4n) is 2.63. The summed E-state index contributed by atoms with van der Waals surface area (Å²) in [4.78, 5) is 23.7. The van der Waals surface area contributed by atoms with Crippen LogP contribution in [0.5, 0.6) is 0 Å². The van der Waals surface area contributed by atoms with Gasteiger partial charge in [-0.2, -0.15) is 9.98 Å². The number of sulfonamides is 1. The maximum atomic E-state index is 12.1. The lowest BCUT2D eigenvalue weighted by Gasteiger charge is -2.17. The van der Waals surface area contributed by atoms with Crippen molar-refractivity contribution in [3.8, 4) is 6.07 Å². The zero-order chi connectivity index (χ0) is 19.2. The molecule has 0 aliphatic heterocycles. The van der Waals surface area contributed by atoms with E-state index in [0.717, 1.165) is 25.7 Å². The molecule has 140 valence electrons. The maximum Gasteiger partial charge on any atom is 0.321 e. The lowest BCUT2D eigenvalue weighted by molar-refractivity contribution is -0.153. The molecule has 0 saturated heterocycles. The first kappa shape index (κ1) is 19.9. The third-order valence-corrected chi connectivity index (χ3v) is 5.50. The van der Waals surface area contributed by atoms with E-state index in [1.54, 1.807) is 0 Å². The molecule has 0 spiro atoms. The Morgan fingerprint density at radius 3 is 2.46 bits per heavy atom. The van der Waals surface area contributed by atoms with Crippen LogP contribution >= 0.6 is 0 Å². The number of nitrogens with zero attached hydrogens (tertiary/aromatic N) is 1. The Kier molecular flexibility index (Phi) is 6.71. The number of hydrogen-bond acceptors (Lipinski definition) is 6. The minimum Gasteiger partial charge on any atom is -0.452 e. The van der Waals surface area contributed by atoms with E-state index in [4.69, 9.17) is 10.00 Å². The first-order valence-corrected chi connectivity index (χ1v) is 9.80. The van der Waals surface area contributed by atoms with Crippen LogP contribution in [-0.4, -0.2) is 39.0 Å². The molecule has 1 amide bonds. The highest BCUT2D eigenvalue weighted by molar-refractivity contribution is 7.89. The van der Waals surface area contributed by atoms with Gasteiger partial charge in [0.15, 0.2) is 6.10 Å². The van der Waals surface area contributed by atoms with E-state index in [1.807, 2.05) is 6.07 Å². The molecule has 1 aromatic carbocycles. The van der Waals surface area contributed by atoms with E-state index in [1.165, 1.54) is 31.2 Å². The molecule has 1 aliphatic rings. The normalized spacial score (nSPS) is 15.8.